The van der Waals surface area contributed by atoms with Crippen molar-refractivity contribution in [2.75, 3.05) is 11.9 Å². The van der Waals surface area contributed by atoms with Crippen LogP contribution in [0.15, 0.2) is 35.2 Å². The summed E-state index contributed by atoms with van der Waals surface area (Å²) >= 11 is 1.56. The lowest BCUT2D eigenvalue weighted by Gasteiger charge is -2.27. The summed E-state index contributed by atoms with van der Waals surface area (Å²) in [4.78, 5) is 13.0. The molecule has 0 saturated carbocycles. The first-order chi connectivity index (χ1) is 10.2. The average Bonchev–Trinajstić information content (AvgIpc) is 2.78. The summed E-state index contributed by atoms with van der Waals surface area (Å²) in [5.74, 6) is -0.214. The number of hydrogen-bond acceptors (Lipinski definition) is 4. The Morgan fingerprint density at radius 1 is 1.33 bits per heavy atom. The van der Waals surface area contributed by atoms with E-state index in [0.717, 1.165) is 34.3 Å². The van der Waals surface area contributed by atoms with Gasteiger partial charge in [0.2, 0.25) is 5.91 Å². The molecular formula is C15H14FN3OS. The monoisotopic (exact) mass is 303 g/mol. The zero-order valence-electron chi connectivity index (χ0n) is 11.2. The first-order valence-corrected chi connectivity index (χ1v) is 7.78. The van der Waals surface area contributed by atoms with Crippen molar-refractivity contribution in [3.05, 3.63) is 36.1 Å². The van der Waals surface area contributed by atoms with Gasteiger partial charge in [-0.1, -0.05) is 23.9 Å². The molecular weight excluding hydrogens is 289 g/mol. The first kappa shape index (κ1) is 12.9. The van der Waals surface area contributed by atoms with E-state index in [9.17, 15) is 9.18 Å². The summed E-state index contributed by atoms with van der Waals surface area (Å²) < 4.78 is 13.3. The number of benzene rings is 2. The number of thioether (sulfide) groups is 1. The molecule has 2 aromatic rings. The molecule has 2 aliphatic rings. The van der Waals surface area contributed by atoms with Gasteiger partial charge in [-0.25, -0.2) is 4.39 Å². The van der Waals surface area contributed by atoms with Gasteiger partial charge in [0.15, 0.2) is 5.50 Å². The van der Waals surface area contributed by atoms with E-state index in [0.29, 0.717) is 0 Å². The molecule has 2 atom stereocenters. The van der Waals surface area contributed by atoms with Crippen LogP contribution in [0, 0.1) is 5.82 Å². The number of amides is 1. The van der Waals surface area contributed by atoms with Crippen molar-refractivity contribution in [3.63, 3.8) is 0 Å². The number of nitrogens with one attached hydrogen (secondary N) is 3. The standard InChI is InChI=1S/C15H14FN3OS/c16-9-2-3-10-8(7-9)1-4-11-13(10)21-15(18-11)19-14(20)12-5-6-17-12/h1-4,7,12,15,17-18H,5-6H2,(H,19,20)/t12-,15?/m0/s1. The number of hydrogen-bond donors (Lipinski definition) is 3. The Balaban J connectivity index is 1.58. The fourth-order valence-electron chi connectivity index (χ4n) is 2.61. The lowest BCUT2D eigenvalue weighted by Crippen LogP contribution is -2.55. The highest BCUT2D eigenvalue weighted by Gasteiger charge is 2.29. The van der Waals surface area contributed by atoms with E-state index in [1.54, 1.807) is 17.8 Å². The van der Waals surface area contributed by atoms with Gasteiger partial charge in [-0.2, -0.15) is 0 Å². The zero-order valence-corrected chi connectivity index (χ0v) is 12.0. The first-order valence-electron chi connectivity index (χ1n) is 6.90. The van der Waals surface area contributed by atoms with Gasteiger partial charge in [0.25, 0.3) is 0 Å². The van der Waals surface area contributed by atoms with E-state index in [-0.39, 0.29) is 23.3 Å². The maximum atomic E-state index is 13.3. The lowest BCUT2D eigenvalue weighted by atomic mass is 10.1. The molecule has 1 amide bonds. The molecule has 0 aromatic heterocycles. The van der Waals surface area contributed by atoms with Crippen molar-refractivity contribution >= 4 is 34.1 Å². The molecule has 6 heteroatoms. The maximum Gasteiger partial charge on any atom is 0.239 e. The van der Waals surface area contributed by atoms with Crippen LogP contribution in [-0.4, -0.2) is 24.0 Å². The smallest absolute Gasteiger partial charge is 0.239 e. The Hall–Kier alpha value is -1.79. The lowest BCUT2D eigenvalue weighted by molar-refractivity contribution is -0.124. The van der Waals surface area contributed by atoms with Crippen LogP contribution >= 0.6 is 11.8 Å². The second-order valence-corrected chi connectivity index (χ2v) is 6.37. The second-order valence-electron chi connectivity index (χ2n) is 5.25. The van der Waals surface area contributed by atoms with Crippen LogP contribution in [0.5, 0.6) is 0 Å². The third-order valence-corrected chi connectivity index (χ3v) is 5.02. The number of carbonyl (C=O) groups excluding carboxylic acids is 1. The van der Waals surface area contributed by atoms with Crippen LogP contribution in [0.25, 0.3) is 10.8 Å². The minimum absolute atomic E-state index is 0.0226. The Morgan fingerprint density at radius 3 is 2.95 bits per heavy atom. The van der Waals surface area contributed by atoms with Gasteiger partial charge in [-0.3, -0.25) is 4.79 Å². The van der Waals surface area contributed by atoms with E-state index >= 15 is 0 Å². The normalized spacial score (nSPS) is 23.3. The van der Waals surface area contributed by atoms with Crippen molar-refractivity contribution in [1.82, 2.24) is 10.6 Å². The summed E-state index contributed by atoms with van der Waals surface area (Å²) in [5.41, 5.74) is 0.802. The van der Waals surface area contributed by atoms with Gasteiger partial charge in [0, 0.05) is 4.90 Å². The molecule has 0 aliphatic carbocycles. The predicted octanol–water partition coefficient (Wildman–Crippen LogP) is 2.26. The summed E-state index contributed by atoms with van der Waals surface area (Å²) in [7, 11) is 0. The molecule has 1 fully saturated rings. The number of anilines is 1. The summed E-state index contributed by atoms with van der Waals surface area (Å²) in [5, 5.41) is 11.2. The summed E-state index contributed by atoms with van der Waals surface area (Å²) in [6.07, 6.45) is 0.887. The molecule has 1 unspecified atom stereocenters. The molecule has 0 radical (unpaired) electrons. The SMILES string of the molecule is O=C(NC1Nc2ccc3cc(F)ccc3c2S1)[C@@H]1CCN1. The van der Waals surface area contributed by atoms with Gasteiger partial charge in [0.05, 0.1) is 11.7 Å². The Labute approximate surface area is 125 Å². The Bertz CT molecular complexity index is 732. The molecule has 4 nitrogen and oxygen atoms in total. The number of fused-ring (bicyclic) bond motifs is 3. The third kappa shape index (κ3) is 2.24. The maximum absolute atomic E-state index is 13.3. The second kappa shape index (κ2) is 4.89. The van der Waals surface area contributed by atoms with Crippen molar-refractivity contribution in [1.29, 1.82) is 0 Å². The molecule has 3 N–H and O–H groups in total. The highest BCUT2D eigenvalue weighted by molar-refractivity contribution is 8.00. The highest BCUT2D eigenvalue weighted by Crippen LogP contribution is 2.42. The predicted molar refractivity (Wildman–Crippen MR) is 81.7 cm³/mol. The quantitative estimate of drug-likeness (QED) is 0.796. The van der Waals surface area contributed by atoms with Crippen molar-refractivity contribution in [2.45, 2.75) is 22.9 Å². The number of halogens is 1. The number of carbonyl (C=O) groups is 1. The molecule has 2 aliphatic heterocycles. The molecule has 1 saturated heterocycles. The third-order valence-electron chi connectivity index (χ3n) is 3.87. The van der Waals surface area contributed by atoms with Gasteiger partial charge in [-0.15, -0.1) is 0 Å². The largest absolute Gasteiger partial charge is 0.356 e. The minimum Gasteiger partial charge on any atom is -0.356 e. The van der Waals surface area contributed by atoms with Crippen LogP contribution < -0.4 is 16.0 Å². The number of rotatable bonds is 2. The fraction of sp³-hybridized carbons (Fsp3) is 0.267. The Morgan fingerprint density at radius 2 is 2.19 bits per heavy atom. The van der Waals surface area contributed by atoms with Gasteiger partial charge in [0.1, 0.15) is 5.82 Å². The van der Waals surface area contributed by atoms with Crippen molar-refractivity contribution in [2.24, 2.45) is 0 Å². The van der Waals surface area contributed by atoms with Crippen LogP contribution in [0.2, 0.25) is 0 Å². The van der Waals surface area contributed by atoms with Crippen LogP contribution in [-0.2, 0) is 4.79 Å². The molecule has 2 aromatic carbocycles. The Kier molecular flexibility index (Phi) is 3.01. The van der Waals surface area contributed by atoms with Crippen molar-refractivity contribution < 1.29 is 9.18 Å². The topological polar surface area (TPSA) is 53.2 Å². The van der Waals surface area contributed by atoms with Crippen LogP contribution in [0.1, 0.15) is 6.42 Å². The van der Waals surface area contributed by atoms with E-state index in [1.807, 2.05) is 12.1 Å². The van der Waals surface area contributed by atoms with E-state index in [2.05, 4.69) is 16.0 Å². The van der Waals surface area contributed by atoms with Crippen molar-refractivity contribution in [3.8, 4) is 0 Å². The van der Waals surface area contributed by atoms with E-state index < -0.39 is 0 Å². The van der Waals surface area contributed by atoms with Gasteiger partial charge < -0.3 is 16.0 Å². The molecule has 4 rings (SSSR count). The van der Waals surface area contributed by atoms with Gasteiger partial charge >= 0.3 is 0 Å². The fourth-order valence-corrected chi connectivity index (χ4v) is 3.77. The molecule has 2 heterocycles. The average molecular weight is 303 g/mol. The van der Waals surface area contributed by atoms with Gasteiger partial charge in [-0.05, 0) is 41.9 Å². The molecule has 0 bridgehead atoms. The van der Waals surface area contributed by atoms with E-state index in [4.69, 9.17) is 0 Å². The minimum atomic E-state index is -0.237. The zero-order chi connectivity index (χ0) is 14.4. The molecule has 21 heavy (non-hydrogen) atoms. The molecule has 0 spiro atoms. The highest BCUT2D eigenvalue weighted by atomic mass is 32.2. The van der Waals surface area contributed by atoms with Crippen LogP contribution in [0.3, 0.4) is 0 Å². The molecule has 108 valence electrons. The van der Waals surface area contributed by atoms with E-state index in [1.165, 1.54) is 12.1 Å². The van der Waals surface area contributed by atoms with Crippen LogP contribution in [0.4, 0.5) is 10.1 Å². The summed E-state index contributed by atoms with van der Waals surface area (Å²) in [6.45, 7) is 0.903. The summed E-state index contributed by atoms with van der Waals surface area (Å²) in [6, 6.07) is 8.53.